The summed E-state index contributed by atoms with van der Waals surface area (Å²) in [6.45, 7) is 5.96. The van der Waals surface area contributed by atoms with E-state index in [0.29, 0.717) is 0 Å². The lowest BCUT2D eigenvalue weighted by Gasteiger charge is -2.40. The molecule has 1 spiro atoms. The van der Waals surface area contributed by atoms with E-state index in [-0.39, 0.29) is 17.4 Å². The van der Waals surface area contributed by atoms with Gasteiger partial charge in [-0.15, -0.1) is 0 Å². The van der Waals surface area contributed by atoms with Gasteiger partial charge in [0.05, 0.1) is 18.2 Å². The molecule has 1 aromatic heterocycles. The van der Waals surface area contributed by atoms with Crippen LogP contribution in [0.5, 0.6) is 0 Å². The highest BCUT2D eigenvalue weighted by molar-refractivity contribution is 5.85. The molecular weight excluding hydrogens is 290 g/mol. The first-order chi connectivity index (χ1) is 10.9. The summed E-state index contributed by atoms with van der Waals surface area (Å²) in [6.07, 6.45) is 8.01. The van der Waals surface area contributed by atoms with Gasteiger partial charge in [0.1, 0.15) is 0 Å². The lowest BCUT2D eigenvalue weighted by Crippen LogP contribution is -2.54. The van der Waals surface area contributed by atoms with Crippen molar-refractivity contribution in [1.29, 1.82) is 0 Å². The van der Waals surface area contributed by atoms with E-state index in [0.717, 1.165) is 45.4 Å². The summed E-state index contributed by atoms with van der Waals surface area (Å²) >= 11 is 0. The molecule has 2 saturated heterocycles. The van der Waals surface area contributed by atoms with Gasteiger partial charge in [0.25, 0.3) is 0 Å². The largest absolute Gasteiger partial charge is 0.377 e. The van der Waals surface area contributed by atoms with E-state index < -0.39 is 5.54 Å². The predicted octanol–water partition coefficient (Wildman–Crippen LogP) is 1.76. The molecule has 1 atom stereocenters. The van der Waals surface area contributed by atoms with Crippen LogP contribution in [-0.4, -0.2) is 47.1 Å². The summed E-state index contributed by atoms with van der Waals surface area (Å²) in [5.74, 6) is 0.0539. The maximum absolute atomic E-state index is 12.3. The van der Waals surface area contributed by atoms with E-state index in [4.69, 9.17) is 10.5 Å². The molecule has 3 rings (SSSR count). The van der Waals surface area contributed by atoms with Gasteiger partial charge in [0, 0.05) is 31.9 Å². The standard InChI is InChI=1S/C18H27N3O2/c1-17(2,19)16(22)21-8-5-18(6-9-21)11-15(23-13-18)10-14-4-3-7-20-12-14/h3-4,7,12,15H,5-6,8-11,13,19H2,1-2H3/t15-/m1/s1. The highest BCUT2D eigenvalue weighted by atomic mass is 16.5. The van der Waals surface area contributed by atoms with Crippen LogP contribution >= 0.6 is 0 Å². The maximum atomic E-state index is 12.3. The number of ether oxygens (including phenoxy) is 1. The Hall–Kier alpha value is -1.46. The minimum Gasteiger partial charge on any atom is -0.377 e. The third-order valence-corrected chi connectivity index (χ3v) is 5.13. The summed E-state index contributed by atoms with van der Waals surface area (Å²) in [6, 6.07) is 4.07. The molecule has 3 heterocycles. The van der Waals surface area contributed by atoms with Gasteiger partial charge in [0.15, 0.2) is 0 Å². The van der Waals surface area contributed by atoms with Crippen molar-refractivity contribution in [2.45, 2.75) is 51.2 Å². The Balaban J connectivity index is 1.54. The second kappa shape index (κ2) is 6.21. The van der Waals surface area contributed by atoms with Crippen LogP contribution in [0.2, 0.25) is 0 Å². The molecular formula is C18H27N3O2. The first-order valence-electron chi connectivity index (χ1n) is 8.47. The smallest absolute Gasteiger partial charge is 0.242 e. The topological polar surface area (TPSA) is 68.5 Å². The molecule has 2 aliphatic heterocycles. The van der Waals surface area contributed by atoms with Crippen molar-refractivity contribution in [3.63, 3.8) is 0 Å². The Morgan fingerprint density at radius 3 is 2.83 bits per heavy atom. The third kappa shape index (κ3) is 3.72. The van der Waals surface area contributed by atoms with Gasteiger partial charge < -0.3 is 15.4 Å². The number of rotatable bonds is 3. The molecule has 2 aliphatic rings. The monoisotopic (exact) mass is 317 g/mol. The lowest BCUT2D eigenvalue weighted by atomic mass is 9.76. The van der Waals surface area contributed by atoms with Crippen LogP contribution in [0.3, 0.4) is 0 Å². The molecule has 2 N–H and O–H groups in total. The summed E-state index contributed by atoms with van der Waals surface area (Å²) in [5, 5.41) is 0. The molecule has 1 aromatic rings. The number of hydrogen-bond donors (Lipinski definition) is 1. The summed E-state index contributed by atoms with van der Waals surface area (Å²) in [5.41, 5.74) is 6.63. The van der Waals surface area contributed by atoms with Crippen molar-refractivity contribution in [3.8, 4) is 0 Å². The number of aromatic nitrogens is 1. The van der Waals surface area contributed by atoms with Crippen LogP contribution < -0.4 is 5.73 Å². The van der Waals surface area contributed by atoms with Crippen molar-refractivity contribution in [2.75, 3.05) is 19.7 Å². The van der Waals surface area contributed by atoms with Gasteiger partial charge in [0.2, 0.25) is 5.91 Å². The molecule has 1 amide bonds. The SMILES string of the molecule is CC(C)(N)C(=O)N1CCC2(CC1)CO[C@H](Cc1cccnc1)C2. The molecule has 5 nitrogen and oxygen atoms in total. The van der Waals surface area contributed by atoms with Gasteiger partial charge in [-0.3, -0.25) is 9.78 Å². The fourth-order valence-electron chi connectivity index (χ4n) is 3.75. The number of nitrogens with zero attached hydrogens (tertiary/aromatic N) is 2. The maximum Gasteiger partial charge on any atom is 0.242 e. The predicted molar refractivity (Wildman–Crippen MR) is 88.8 cm³/mol. The molecule has 0 bridgehead atoms. The summed E-state index contributed by atoms with van der Waals surface area (Å²) in [7, 11) is 0. The van der Waals surface area contributed by atoms with E-state index in [1.165, 1.54) is 5.56 Å². The Bertz CT molecular complexity index is 545. The fraction of sp³-hybridized carbons (Fsp3) is 0.667. The zero-order chi connectivity index (χ0) is 16.5. The van der Waals surface area contributed by atoms with E-state index >= 15 is 0 Å². The number of carbonyl (C=O) groups excluding carboxylic acids is 1. The number of piperidine rings is 1. The number of likely N-dealkylation sites (tertiary alicyclic amines) is 1. The van der Waals surface area contributed by atoms with Crippen LogP contribution in [0, 0.1) is 5.41 Å². The first kappa shape index (κ1) is 16.4. The normalized spacial score (nSPS) is 24.1. The van der Waals surface area contributed by atoms with Gasteiger partial charge in [-0.1, -0.05) is 6.07 Å². The van der Waals surface area contributed by atoms with Gasteiger partial charge in [-0.2, -0.15) is 0 Å². The van der Waals surface area contributed by atoms with E-state index in [1.54, 1.807) is 20.0 Å². The lowest BCUT2D eigenvalue weighted by molar-refractivity contribution is -0.138. The number of hydrogen-bond acceptors (Lipinski definition) is 4. The third-order valence-electron chi connectivity index (χ3n) is 5.13. The Morgan fingerprint density at radius 2 is 2.22 bits per heavy atom. The van der Waals surface area contributed by atoms with Crippen LogP contribution in [0.15, 0.2) is 24.5 Å². The summed E-state index contributed by atoms with van der Waals surface area (Å²) < 4.78 is 6.06. The van der Waals surface area contributed by atoms with Crippen molar-refractivity contribution in [3.05, 3.63) is 30.1 Å². The van der Waals surface area contributed by atoms with Crippen molar-refractivity contribution in [2.24, 2.45) is 11.1 Å². The van der Waals surface area contributed by atoms with Gasteiger partial charge in [-0.05, 0) is 50.2 Å². The Kier molecular flexibility index (Phi) is 4.43. The second-order valence-electron chi connectivity index (χ2n) is 7.72. The molecule has 2 fully saturated rings. The van der Waals surface area contributed by atoms with Crippen molar-refractivity contribution < 1.29 is 9.53 Å². The molecule has 5 heteroatoms. The van der Waals surface area contributed by atoms with Gasteiger partial charge >= 0.3 is 0 Å². The molecule has 0 saturated carbocycles. The van der Waals surface area contributed by atoms with Crippen molar-refractivity contribution in [1.82, 2.24) is 9.88 Å². The zero-order valence-electron chi connectivity index (χ0n) is 14.1. The van der Waals surface area contributed by atoms with E-state index in [1.807, 2.05) is 17.2 Å². The van der Waals surface area contributed by atoms with Crippen LogP contribution in [0.4, 0.5) is 0 Å². The molecule has 0 aromatic carbocycles. The van der Waals surface area contributed by atoms with Crippen LogP contribution in [-0.2, 0) is 16.0 Å². The highest BCUT2D eigenvalue weighted by Gasteiger charge is 2.44. The minimum absolute atomic E-state index is 0.0539. The number of carbonyl (C=O) groups is 1. The van der Waals surface area contributed by atoms with Crippen LogP contribution in [0.25, 0.3) is 0 Å². The minimum atomic E-state index is -0.778. The summed E-state index contributed by atoms with van der Waals surface area (Å²) in [4.78, 5) is 18.4. The Labute approximate surface area is 138 Å². The van der Waals surface area contributed by atoms with E-state index in [2.05, 4.69) is 11.1 Å². The molecule has 126 valence electrons. The number of amides is 1. The van der Waals surface area contributed by atoms with Gasteiger partial charge in [-0.25, -0.2) is 0 Å². The quantitative estimate of drug-likeness (QED) is 0.922. The molecule has 23 heavy (non-hydrogen) atoms. The number of nitrogens with two attached hydrogens (primary N) is 1. The molecule has 0 radical (unpaired) electrons. The average molecular weight is 317 g/mol. The average Bonchev–Trinajstić information content (AvgIpc) is 2.90. The fourth-order valence-corrected chi connectivity index (χ4v) is 3.75. The second-order valence-corrected chi connectivity index (χ2v) is 7.72. The Morgan fingerprint density at radius 1 is 1.48 bits per heavy atom. The number of pyridine rings is 1. The molecule has 0 unspecified atom stereocenters. The van der Waals surface area contributed by atoms with Crippen molar-refractivity contribution >= 4 is 5.91 Å². The first-order valence-corrected chi connectivity index (χ1v) is 8.47. The van der Waals surface area contributed by atoms with Crippen LogP contribution in [0.1, 0.15) is 38.7 Å². The van der Waals surface area contributed by atoms with E-state index in [9.17, 15) is 4.79 Å². The highest BCUT2D eigenvalue weighted by Crippen LogP contribution is 2.42. The molecule has 0 aliphatic carbocycles. The zero-order valence-corrected chi connectivity index (χ0v) is 14.1.